The van der Waals surface area contributed by atoms with Crippen molar-refractivity contribution in [2.24, 2.45) is 0 Å². The molecular weight excluding hydrogens is 464 g/mol. The van der Waals surface area contributed by atoms with E-state index in [1.807, 2.05) is 26.0 Å². The third kappa shape index (κ3) is 4.72. The van der Waals surface area contributed by atoms with Crippen LogP contribution in [0.4, 0.5) is 10.6 Å². The SMILES string of the molecule is CC1(C)OC[C@H](COc2ccnc(NC(=O)N3C4=C(C=CC(C(=O)NC5CC5)N4)N4CC[C@H]3C4)c2)O1. The zero-order valence-electron chi connectivity index (χ0n) is 20.5. The van der Waals surface area contributed by atoms with E-state index in [4.69, 9.17) is 14.2 Å². The number of hydrogen-bond acceptors (Lipinski definition) is 8. The van der Waals surface area contributed by atoms with Crippen molar-refractivity contribution in [2.75, 3.05) is 31.6 Å². The Hall–Kier alpha value is -3.31. The Kier molecular flexibility index (Phi) is 5.76. The lowest BCUT2D eigenvalue weighted by atomic mass is 10.1. The van der Waals surface area contributed by atoms with Crippen LogP contribution in [-0.2, 0) is 14.3 Å². The Balaban J connectivity index is 1.13. The maximum absolute atomic E-state index is 13.5. The van der Waals surface area contributed by atoms with Crippen molar-refractivity contribution in [3.8, 4) is 5.75 Å². The van der Waals surface area contributed by atoms with Gasteiger partial charge in [0.15, 0.2) is 5.79 Å². The molecule has 3 fully saturated rings. The number of dihydropyridines is 1. The lowest BCUT2D eigenvalue weighted by Crippen LogP contribution is -2.56. The summed E-state index contributed by atoms with van der Waals surface area (Å²) in [7, 11) is 0. The fraction of sp³-hybridized carbons (Fsp3) is 0.560. The summed E-state index contributed by atoms with van der Waals surface area (Å²) >= 11 is 0. The Bertz CT molecular complexity index is 1120. The molecular formula is C25H32N6O5. The van der Waals surface area contributed by atoms with Crippen LogP contribution in [0, 0.1) is 0 Å². The second kappa shape index (κ2) is 8.97. The molecule has 3 amide bonds. The molecule has 1 aromatic heterocycles. The predicted octanol–water partition coefficient (Wildman–Crippen LogP) is 1.51. The number of anilines is 1. The fourth-order valence-electron chi connectivity index (χ4n) is 5.05. The minimum absolute atomic E-state index is 0.0113. The topological polar surface area (TPSA) is 117 Å². The Morgan fingerprint density at radius 3 is 2.94 bits per heavy atom. The standard InChI is InChI=1S/C25H32N6O5/c1-25(2)35-14-18(36-25)13-34-17-7-9-26-21(11-17)29-24(33)31-16-8-10-30(12-16)20-6-5-19(28-22(20)31)23(32)27-15-3-4-15/h5-7,9,11,15-16,18-19,28H,3-4,8,10,12-14H2,1-2H3,(H,27,32)(H,26,29,33)/t16-,18-,19?/m0/s1. The van der Waals surface area contributed by atoms with E-state index in [9.17, 15) is 9.59 Å². The van der Waals surface area contributed by atoms with Gasteiger partial charge in [0.2, 0.25) is 5.91 Å². The van der Waals surface area contributed by atoms with Gasteiger partial charge in [-0.05, 0) is 45.3 Å². The summed E-state index contributed by atoms with van der Waals surface area (Å²) in [6, 6.07) is 2.91. The number of rotatable bonds is 6. The van der Waals surface area contributed by atoms with E-state index in [0.717, 1.165) is 38.0 Å². The molecule has 36 heavy (non-hydrogen) atoms. The van der Waals surface area contributed by atoms with Gasteiger partial charge in [-0.2, -0.15) is 0 Å². The summed E-state index contributed by atoms with van der Waals surface area (Å²) in [6.07, 6.45) is 8.16. The van der Waals surface area contributed by atoms with Gasteiger partial charge in [-0.25, -0.2) is 9.78 Å². The highest BCUT2D eigenvalue weighted by molar-refractivity contribution is 5.91. The number of allylic oxidation sites excluding steroid dienone is 1. The molecule has 1 saturated carbocycles. The number of carbonyl (C=O) groups is 2. The second-order valence-electron chi connectivity index (χ2n) is 10.3. The van der Waals surface area contributed by atoms with Gasteiger partial charge in [-0.3, -0.25) is 15.0 Å². The van der Waals surface area contributed by atoms with Crippen molar-refractivity contribution >= 4 is 17.8 Å². The molecule has 1 unspecified atom stereocenters. The number of amides is 3. The molecule has 2 bridgehead atoms. The molecule has 6 rings (SSSR count). The largest absolute Gasteiger partial charge is 0.491 e. The van der Waals surface area contributed by atoms with E-state index in [1.165, 1.54) is 0 Å². The number of nitrogens with zero attached hydrogens (tertiary/aromatic N) is 3. The minimum atomic E-state index is -0.608. The van der Waals surface area contributed by atoms with Crippen molar-refractivity contribution in [1.82, 2.24) is 25.4 Å². The number of hydrogen-bond donors (Lipinski definition) is 3. The first kappa shape index (κ1) is 23.1. The highest BCUT2D eigenvalue weighted by atomic mass is 16.7. The van der Waals surface area contributed by atoms with E-state index < -0.39 is 11.8 Å². The third-order valence-electron chi connectivity index (χ3n) is 6.99. The molecule has 11 nitrogen and oxygen atoms in total. The van der Waals surface area contributed by atoms with Gasteiger partial charge >= 0.3 is 6.03 Å². The quantitative estimate of drug-likeness (QED) is 0.543. The third-order valence-corrected chi connectivity index (χ3v) is 6.99. The zero-order valence-corrected chi connectivity index (χ0v) is 20.5. The maximum Gasteiger partial charge on any atom is 0.328 e. The van der Waals surface area contributed by atoms with Crippen LogP contribution in [0.15, 0.2) is 42.0 Å². The minimum Gasteiger partial charge on any atom is -0.491 e. The highest BCUT2D eigenvalue weighted by Crippen LogP contribution is 2.34. The summed E-state index contributed by atoms with van der Waals surface area (Å²) in [5.74, 6) is 0.949. The number of ether oxygens (including phenoxy) is 3. The van der Waals surface area contributed by atoms with Crippen LogP contribution >= 0.6 is 0 Å². The number of urea groups is 1. The second-order valence-corrected chi connectivity index (χ2v) is 10.3. The molecule has 0 spiro atoms. The van der Waals surface area contributed by atoms with E-state index >= 15 is 0 Å². The molecule has 4 aliphatic heterocycles. The van der Waals surface area contributed by atoms with Crippen LogP contribution in [0.25, 0.3) is 0 Å². The van der Waals surface area contributed by atoms with Gasteiger partial charge in [0, 0.05) is 31.4 Å². The van der Waals surface area contributed by atoms with Crippen molar-refractivity contribution in [3.05, 3.63) is 42.0 Å². The predicted molar refractivity (Wildman–Crippen MR) is 130 cm³/mol. The normalized spacial score (nSPS) is 28.0. The van der Waals surface area contributed by atoms with Crippen molar-refractivity contribution < 1.29 is 23.8 Å². The van der Waals surface area contributed by atoms with Crippen molar-refractivity contribution in [2.45, 2.75) is 63.1 Å². The molecule has 11 heteroatoms. The van der Waals surface area contributed by atoms with Crippen molar-refractivity contribution in [3.63, 3.8) is 0 Å². The number of aromatic nitrogens is 1. The van der Waals surface area contributed by atoms with Gasteiger partial charge in [0.1, 0.15) is 36.1 Å². The fourth-order valence-corrected chi connectivity index (χ4v) is 5.05. The zero-order chi connectivity index (χ0) is 24.9. The number of nitrogens with one attached hydrogen (secondary N) is 3. The Labute approximate surface area is 209 Å². The summed E-state index contributed by atoms with van der Waals surface area (Å²) in [4.78, 5) is 34.5. The molecule has 0 aromatic carbocycles. The summed E-state index contributed by atoms with van der Waals surface area (Å²) in [5.41, 5.74) is 0.932. The smallest absolute Gasteiger partial charge is 0.328 e. The molecule has 3 N–H and O–H groups in total. The molecule has 1 aromatic rings. The molecule has 2 saturated heterocycles. The molecule has 192 valence electrons. The van der Waals surface area contributed by atoms with Crippen LogP contribution in [0.5, 0.6) is 5.75 Å². The van der Waals surface area contributed by atoms with Gasteiger partial charge in [-0.1, -0.05) is 6.08 Å². The van der Waals surface area contributed by atoms with Gasteiger partial charge in [-0.15, -0.1) is 0 Å². The number of fused-ring (bicyclic) bond motifs is 3. The average molecular weight is 497 g/mol. The molecule has 3 atom stereocenters. The van der Waals surface area contributed by atoms with Crippen molar-refractivity contribution in [1.29, 1.82) is 0 Å². The summed E-state index contributed by atoms with van der Waals surface area (Å²) in [5, 5.41) is 9.26. The number of pyridine rings is 1. The molecule has 5 heterocycles. The molecule has 0 radical (unpaired) electrons. The lowest BCUT2D eigenvalue weighted by Gasteiger charge is -2.40. The van der Waals surface area contributed by atoms with Gasteiger partial charge in [0.05, 0.1) is 18.3 Å². The lowest BCUT2D eigenvalue weighted by molar-refractivity contribution is -0.141. The first-order valence-corrected chi connectivity index (χ1v) is 12.6. The maximum atomic E-state index is 13.5. The summed E-state index contributed by atoms with van der Waals surface area (Å²) < 4.78 is 17.2. The van der Waals surface area contributed by atoms with Crippen LogP contribution in [0.2, 0.25) is 0 Å². The molecule has 1 aliphatic carbocycles. The molecule has 5 aliphatic rings. The van der Waals surface area contributed by atoms with E-state index in [0.29, 0.717) is 30.6 Å². The Morgan fingerprint density at radius 1 is 1.31 bits per heavy atom. The van der Waals surface area contributed by atoms with Gasteiger partial charge in [0.25, 0.3) is 0 Å². The first-order chi connectivity index (χ1) is 17.3. The van der Waals surface area contributed by atoms with Crippen LogP contribution in [0.1, 0.15) is 33.1 Å². The monoisotopic (exact) mass is 496 g/mol. The van der Waals surface area contributed by atoms with E-state index in [-0.39, 0.29) is 30.1 Å². The van der Waals surface area contributed by atoms with Crippen LogP contribution in [0.3, 0.4) is 0 Å². The van der Waals surface area contributed by atoms with Crippen LogP contribution < -0.4 is 20.7 Å². The van der Waals surface area contributed by atoms with Crippen LogP contribution in [-0.4, -0.2) is 83.0 Å². The Morgan fingerprint density at radius 2 is 2.17 bits per heavy atom. The first-order valence-electron chi connectivity index (χ1n) is 12.6. The average Bonchev–Trinajstić information content (AvgIpc) is 3.46. The number of carbonyl (C=O) groups excluding carboxylic acids is 2. The highest BCUT2D eigenvalue weighted by Gasteiger charge is 2.43. The van der Waals surface area contributed by atoms with E-state index in [2.05, 4.69) is 25.8 Å². The van der Waals surface area contributed by atoms with Gasteiger partial charge < -0.3 is 29.7 Å². The summed E-state index contributed by atoms with van der Waals surface area (Å²) in [6.45, 7) is 6.17. The van der Waals surface area contributed by atoms with E-state index in [1.54, 1.807) is 23.2 Å².